The number of hydrogen-bond acceptors (Lipinski definition) is 1. The van der Waals surface area contributed by atoms with E-state index in [-0.39, 0.29) is 5.41 Å². The Hall–Kier alpha value is 0.650. The Morgan fingerprint density at radius 3 is 2.25 bits per heavy atom. The van der Waals surface area contributed by atoms with Gasteiger partial charge in [-0.25, -0.2) is 0 Å². The molecule has 1 rings (SSSR count). The summed E-state index contributed by atoms with van der Waals surface area (Å²) in [5, 5.41) is 6.47. The standard InChI is InChI=1S/C11H17Br3N2/c1-4-8-10(14)9(16(3)15-8)5-11(2,6-12)7-13/h4-7H2,1-3H3. The first-order valence-electron chi connectivity index (χ1n) is 5.29. The summed E-state index contributed by atoms with van der Waals surface area (Å²) >= 11 is 10.8. The molecule has 0 N–H and O–H groups in total. The van der Waals surface area contributed by atoms with E-state index in [1.54, 1.807) is 0 Å². The quantitative estimate of drug-likeness (QED) is 0.661. The first kappa shape index (κ1) is 14.7. The number of rotatable bonds is 5. The number of alkyl halides is 2. The van der Waals surface area contributed by atoms with E-state index in [2.05, 4.69) is 66.7 Å². The third kappa shape index (κ3) is 3.10. The topological polar surface area (TPSA) is 17.8 Å². The van der Waals surface area contributed by atoms with Gasteiger partial charge in [-0.1, -0.05) is 45.7 Å². The molecule has 0 spiro atoms. The minimum absolute atomic E-state index is 0.224. The second-order valence-electron chi connectivity index (χ2n) is 4.44. The van der Waals surface area contributed by atoms with Crippen molar-refractivity contribution in [3.63, 3.8) is 0 Å². The molecule has 1 heterocycles. The molecule has 1 aromatic heterocycles. The first-order valence-corrected chi connectivity index (χ1v) is 8.33. The van der Waals surface area contributed by atoms with E-state index in [4.69, 9.17) is 0 Å². The van der Waals surface area contributed by atoms with Crippen molar-refractivity contribution in [3.05, 3.63) is 15.9 Å². The summed E-state index contributed by atoms with van der Waals surface area (Å²) in [6.07, 6.45) is 1.97. The average molecular weight is 417 g/mol. The van der Waals surface area contributed by atoms with Crippen molar-refractivity contribution in [2.45, 2.75) is 26.7 Å². The van der Waals surface area contributed by atoms with Crippen molar-refractivity contribution in [1.29, 1.82) is 0 Å². The predicted molar refractivity (Wildman–Crippen MR) is 79.7 cm³/mol. The van der Waals surface area contributed by atoms with Crippen LogP contribution in [0.1, 0.15) is 25.2 Å². The van der Waals surface area contributed by atoms with E-state index in [1.807, 2.05) is 11.7 Å². The molecule has 0 fully saturated rings. The zero-order valence-electron chi connectivity index (χ0n) is 9.86. The van der Waals surface area contributed by atoms with Crippen LogP contribution in [0.5, 0.6) is 0 Å². The summed E-state index contributed by atoms with van der Waals surface area (Å²) in [5.74, 6) is 0. The summed E-state index contributed by atoms with van der Waals surface area (Å²) in [4.78, 5) is 0. The molecule has 0 unspecified atom stereocenters. The number of hydrogen-bond donors (Lipinski definition) is 0. The molecule has 0 aliphatic rings. The zero-order valence-corrected chi connectivity index (χ0v) is 14.6. The fourth-order valence-corrected chi connectivity index (χ4v) is 3.63. The van der Waals surface area contributed by atoms with Crippen molar-refractivity contribution in [1.82, 2.24) is 9.78 Å². The van der Waals surface area contributed by atoms with E-state index in [1.165, 1.54) is 10.2 Å². The molecule has 0 aliphatic heterocycles. The molecule has 0 aromatic carbocycles. The molecule has 1 aromatic rings. The maximum absolute atomic E-state index is 4.52. The van der Waals surface area contributed by atoms with Gasteiger partial charge in [-0.05, 0) is 34.2 Å². The van der Waals surface area contributed by atoms with Crippen molar-refractivity contribution in [3.8, 4) is 0 Å². The Morgan fingerprint density at radius 1 is 1.31 bits per heavy atom. The molecule has 0 radical (unpaired) electrons. The molecule has 92 valence electrons. The third-order valence-electron chi connectivity index (χ3n) is 2.74. The van der Waals surface area contributed by atoms with Gasteiger partial charge in [-0.15, -0.1) is 0 Å². The van der Waals surface area contributed by atoms with Crippen LogP contribution in [0.2, 0.25) is 0 Å². The van der Waals surface area contributed by atoms with E-state index in [0.29, 0.717) is 0 Å². The fraction of sp³-hybridized carbons (Fsp3) is 0.727. The molecule has 0 bridgehead atoms. The first-order chi connectivity index (χ1) is 7.47. The Labute approximate surface area is 123 Å². The van der Waals surface area contributed by atoms with Gasteiger partial charge in [0.05, 0.1) is 15.9 Å². The average Bonchev–Trinajstić information content (AvgIpc) is 2.56. The molecule has 0 amide bonds. The van der Waals surface area contributed by atoms with Gasteiger partial charge >= 0.3 is 0 Å². The molecular formula is C11H17Br3N2. The van der Waals surface area contributed by atoms with Crippen molar-refractivity contribution in [2.24, 2.45) is 12.5 Å². The predicted octanol–water partition coefficient (Wildman–Crippen LogP) is 4.08. The lowest BCUT2D eigenvalue weighted by atomic mass is 9.90. The highest BCUT2D eigenvalue weighted by Gasteiger charge is 2.26. The minimum atomic E-state index is 0.224. The monoisotopic (exact) mass is 414 g/mol. The van der Waals surface area contributed by atoms with Crippen molar-refractivity contribution >= 4 is 47.8 Å². The Bertz CT molecular complexity index is 356. The highest BCUT2D eigenvalue weighted by Crippen LogP contribution is 2.31. The van der Waals surface area contributed by atoms with Gasteiger partial charge in [0.25, 0.3) is 0 Å². The second kappa shape index (κ2) is 6.01. The summed E-state index contributed by atoms with van der Waals surface area (Å²) in [5.41, 5.74) is 2.64. The Morgan fingerprint density at radius 2 is 1.88 bits per heavy atom. The fourth-order valence-electron chi connectivity index (χ4n) is 1.55. The zero-order chi connectivity index (χ0) is 12.3. The van der Waals surface area contributed by atoms with Crippen LogP contribution in [0.15, 0.2) is 4.47 Å². The number of halogens is 3. The van der Waals surface area contributed by atoms with Crippen LogP contribution < -0.4 is 0 Å². The van der Waals surface area contributed by atoms with E-state index >= 15 is 0 Å². The summed E-state index contributed by atoms with van der Waals surface area (Å²) in [6, 6.07) is 0. The van der Waals surface area contributed by atoms with Gasteiger partial charge < -0.3 is 0 Å². The van der Waals surface area contributed by atoms with Crippen LogP contribution >= 0.6 is 47.8 Å². The lowest BCUT2D eigenvalue weighted by molar-refractivity contribution is 0.422. The normalized spacial score (nSPS) is 12.1. The second-order valence-corrected chi connectivity index (χ2v) is 6.35. The van der Waals surface area contributed by atoms with E-state index in [0.717, 1.165) is 29.2 Å². The van der Waals surface area contributed by atoms with E-state index < -0.39 is 0 Å². The minimum Gasteiger partial charge on any atom is -0.271 e. The van der Waals surface area contributed by atoms with Gasteiger partial charge in [0.15, 0.2) is 0 Å². The van der Waals surface area contributed by atoms with Gasteiger partial charge in [-0.3, -0.25) is 4.68 Å². The number of aryl methyl sites for hydroxylation is 2. The molecule has 0 saturated heterocycles. The molecular weight excluding hydrogens is 400 g/mol. The van der Waals surface area contributed by atoms with Crippen LogP contribution in [0.3, 0.4) is 0 Å². The largest absolute Gasteiger partial charge is 0.271 e. The van der Waals surface area contributed by atoms with Gasteiger partial charge in [0.2, 0.25) is 0 Å². The van der Waals surface area contributed by atoms with Crippen LogP contribution in [-0.2, 0) is 19.9 Å². The van der Waals surface area contributed by atoms with Crippen molar-refractivity contribution in [2.75, 3.05) is 10.7 Å². The lowest BCUT2D eigenvalue weighted by Gasteiger charge is -2.24. The molecule has 0 saturated carbocycles. The molecule has 0 atom stereocenters. The third-order valence-corrected chi connectivity index (χ3v) is 6.37. The highest BCUT2D eigenvalue weighted by atomic mass is 79.9. The van der Waals surface area contributed by atoms with Crippen LogP contribution in [0, 0.1) is 5.41 Å². The maximum Gasteiger partial charge on any atom is 0.0766 e. The molecule has 0 aliphatic carbocycles. The SMILES string of the molecule is CCc1nn(C)c(CC(C)(CBr)CBr)c1Br. The maximum atomic E-state index is 4.52. The van der Waals surface area contributed by atoms with Crippen molar-refractivity contribution < 1.29 is 0 Å². The molecule has 16 heavy (non-hydrogen) atoms. The summed E-state index contributed by atoms with van der Waals surface area (Å²) in [6.45, 7) is 4.40. The van der Waals surface area contributed by atoms with Gasteiger partial charge in [-0.2, -0.15) is 5.10 Å². The molecule has 5 heteroatoms. The lowest BCUT2D eigenvalue weighted by Crippen LogP contribution is -2.24. The Balaban J connectivity index is 3.01. The van der Waals surface area contributed by atoms with Crippen LogP contribution in [0.4, 0.5) is 0 Å². The van der Waals surface area contributed by atoms with E-state index in [9.17, 15) is 0 Å². The number of aromatic nitrogens is 2. The molecule has 2 nitrogen and oxygen atoms in total. The summed E-state index contributed by atoms with van der Waals surface area (Å²) < 4.78 is 3.16. The van der Waals surface area contributed by atoms with Gasteiger partial charge in [0, 0.05) is 17.7 Å². The van der Waals surface area contributed by atoms with Gasteiger partial charge in [0.1, 0.15) is 0 Å². The Kier molecular flexibility index (Phi) is 5.52. The summed E-state index contributed by atoms with van der Waals surface area (Å²) in [7, 11) is 2.02. The van der Waals surface area contributed by atoms with Crippen LogP contribution in [-0.4, -0.2) is 20.4 Å². The van der Waals surface area contributed by atoms with Crippen LogP contribution in [0.25, 0.3) is 0 Å². The smallest absolute Gasteiger partial charge is 0.0766 e. The number of nitrogens with zero attached hydrogens (tertiary/aromatic N) is 2. The highest BCUT2D eigenvalue weighted by molar-refractivity contribution is 9.10.